The molecule has 1 saturated heterocycles. The molecule has 28 heavy (non-hydrogen) atoms. The Labute approximate surface area is 166 Å². The number of benzene rings is 1. The monoisotopic (exact) mass is 387 g/mol. The van der Waals surface area contributed by atoms with Gasteiger partial charge in [0.25, 0.3) is 0 Å². The molecule has 152 valence electrons. The highest BCUT2D eigenvalue weighted by Gasteiger charge is 2.36. The van der Waals surface area contributed by atoms with Crippen molar-refractivity contribution in [2.24, 2.45) is 5.92 Å². The summed E-state index contributed by atoms with van der Waals surface area (Å²) in [6, 6.07) is 5.92. The fourth-order valence-electron chi connectivity index (χ4n) is 3.79. The predicted octanol–water partition coefficient (Wildman–Crippen LogP) is 2.08. The minimum absolute atomic E-state index is 0.0835. The number of ether oxygens (including phenoxy) is 2. The van der Waals surface area contributed by atoms with Crippen LogP contribution in [-0.4, -0.2) is 62.2 Å². The van der Waals surface area contributed by atoms with Crippen LogP contribution >= 0.6 is 0 Å². The van der Waals surface area contributed by atoms with E-state index in [1.54, 1.807) is 19.2 Å². The molecule has 0 aromatic heterocycles. The van der Waals surface area contributed by atoms with E-state index in [2.05, 4.69) is 16.4 Å². The van der Waals surface area contributed by atoms with Crippen LogP contribution in [0.15, 0.2) is 24.3 Å². The Morgan fingerprint density at radius 1 is 1.29 bits per heavy atom. The van der Waals surface area contributed by atoms with Gasteiger partial charge in [0.05, 0.1) is 14.2 Å². The molecule has 1 aromatic rings. The Kier molecular flexibility index (Phi) is 6.57. The molecule has 2 heterocycles. The molecule has 7 heteroatoms. The summed E-state index contributed by atoms with van der Waals surface area (Å²) in [6.07, 6.45) is 4.40. The number of methoxy groups -OCH3 is 2. The normalized spacial score (nSPS) is 19.8. The molecule has 3 rings (SSSR count). The van der Waals surface area contributed by atoms with Gasteiger partial charge < -0.3 is 14.8 Å². The van der Waals surface area contributed by atoms with Crippen LogP contribution in [-0.2, 0) is 9.59 Å². The third-order valence-corrected chi connectivity index (χ3v) is 5.32. The first-order chi connectivity index (χ1) is 13.6. The van der Waals surface area contributed by atoms with Crippen molar-refractivity contribution in [1.29, 1.82) is 0 Å². The van der Waals surface area contributed by atoms with Gasteiger partial charge in [0.15, 0.2) is 11.5 Å². The molecule has 0 radical (unpaired) electrons. The van der Waals surface area contributed by atoms with Gasteiger partial charge in [-0.1, -0.05) is 19.1 Å². The summed E-state index contributed by atoms with van der Waals surface area (Å²) in [7, 11) is 3.26. The lowest BCUT2D eigenvalue weighted by Crippen LogP contribution is -2.51. The summed E-state index contributed by atoms with van der Waals surface area (Å²) >= 11 is 0. The van der Waals surface area contributed by atoms with Crippen LogP contribution < -0.4 is 14.8 Å². The van der Waals surface area contributed by atoms with Crippen LogP contribution in [0.4, 0.5) is 0 Å². The average molecular weight is 387 g/mol. The second-order valence-electron chi connectivity index (χ2n) is 7.06. The molecule has 1 unspecified atom stereocenters. The number of hydrogen-bond acceptors (Lipinski definition) is 5. The smallest absolute Gasteiger partial charge is 0.249 e. The number of hydrazine groups is 1. The maximum Gasteiger partial charge on any atom is 0.249 e. The van der Waals surface area contributed by atoms with Crippen LogP contribution in [0.1, 0.15) is 31.7 Å². The van der Waals surface area contributed by atoms with Gasteiger partial charge in [-0.3, -0.25) is 14.6 Å². The van der Waals surface area contributed by atoms with Crippen LogP contribution in [0.3, 0.4) is 0 Å². The Bertz CT molecular complexity index is 762. The molecule has 0 aliphatic carbocycles. The summed E-state index contributed by atoms with van der Waals surface area (Å²) in [5.41, 5.74) is 2.32. The van der Waals surface area contributed by atoms with Crippen LogP contribution in [0.5, 0.6) is 11.5 Å². The van der Waals surface area contributed by atoms with Gasteiger partial charge in [-0.05, 0) is 42.5 Å². The maximum absolute atomic E-state index is 12.9. The molecule has 0 spiro atoms. The van der Waals surface area contributed by atoms with Crippen molar-refractivity contribution < 1.29 is 19.1 Å². The number of carbonyl (C=O) groups excluding carboxylic acids is 2. The summed E-state index contributed by atoms with van der Waals surface area (Å²) < 4.78 is 10.7. The van der Waals surface area contributed by atoms with Crippen molar-refractivity contribution in [1.82, 2.24) is 15.3 Å². The molecular formula is C21H29N3O4. The summed E-state index contributed by atoms with van der Waals surface area (Å²) in [5, 5.41) is 6.59. The molecule has 7 nitrogen and oxygen atoms in total. The minimum Gasteiger partial charge on any atom is -0.493 e. The highest BCUT2D eigenvalue weighted by molar-refractivity contribution is 6.01. The van der Waals surface area contributed by atoms with E-state index in [0.29, 0.717) is 37.6 Å². The van der Waals surface area contributed by atoms with E-state index in [4.69, 9.17) is 9.47 Å². The number of amides is 2. The van der Waals surface area contributed by atoms with E-state index < -0.39 is 5.92 Å². The fraction of sp³-hybridized carbons (Fsp3) is 0.524. The molecule has 2 aliphatic heterocycles. The quantitative estimate of drug-likeness (QED) is 0.726. The molecule has 1 aromatic carbocycles. The average Bonchev–Trinajstić information content (AvgIpc) is 3.17. The van der Waals surface area contributed by atoms with Gasteiger partial charge in [-0.15, -0.1) is 0 Å². The standard InChI is InChI=1S/C21H29N3O4/c1-4-11-24(21(26)17-7-10-22-20(17)25)23-12-8-15(9-13-23)16-5-6-18(27-2)19(14-16)28-3/h5-6,8,14,17H,4,7,9-13H2,1-3H3,(H,22,25). The molecule has 1 N–H and O–H groups in total. The molecule has 2 amide bonds. The SMILES string of the molecule is CCCN(C(=O)C1CCNC1=O)N1CC=C(c2ccc(OC)c(OC)c2)CC1. The zero-order valence-corrected chi connectivity index (χ0v) is 16.9. The third kappa shape index (κ3) is 4.14. The van der Waals surface area contributed by atoms with E-state index in [1.165, 1.54) is 5.57 Å². The van der Waals surface area contributed by atoms with Gasteiger partial charge in [0.1, 0.15) is 5.92 Å². The molecular weight excluding hydrogens is 358 g/mol. The lowest BCUT2D eigenvalue weighted by atomic mass is 9.99. The minimum atomic E-state index is -0.553. The van der Waals surface area contributed by atoms with Gasteiger partial charge in [0, 0.05) is 26.2 Å². The Morgan fingerprint density at radius 2 is 2.07 bits per heavy atom. The van der Waals surface area contributed by atoms with Crippen molar-refractivity contribution in [3.8, 4) is 11.5 Å². The second kappa shape index (κ2) is 9.10. The second-order valence-corrected chi connectivity index (χ2v) is 7.06. The van der Waals surface area contributed by atoms with Gasteiger partial charge in [-0.25, -0.2) is 5.01 Å². The maximum atomic E-state index is 12.9. The first-order valence-electron chi connectivity index (χ1n) is 9.84. The zero-order valence-electron chi connectivity index (χ0n) is 16.9. The van der Waals surface area contributed by atoms with E-state index in [-0.39, 0.29) is 11.8 Å². The van der Waals surface area contributed by atoms with E-state index >= 15 is 0 Å². The van der Waals surface area contributed by atoms with E-state index in [9.17, 15) is 9.59 Å². The first kappa shape index (κ1) is 20.2. The topological polar surface area (TPSA) is 71.1 Å². The van der Waals surface area contributed by atoms with Crippen molar-refractivity contribution in [3.05, 3.63) is 29.8 Å². The molecule has 0 bridgehead atoms. The van der Waals surface area contributed by atoms with Crippen LogP contribution in [0.25, 0.3) is 5.57 Å². The number of rotatable bonds is 7. The van der Waals surface area contributed by atoms with E-state index in [1.807, 2.05) is 25.1 Å². The van der Waals surface area contributed by atoms with Crippen LogP contribution in [0.2, 0.25) is 0 Å². The Hall–Kier alpha value is -2.54. The predicted molar refractivity (Wildman–Crippen MR) is 107 cm³/mol. The molecule has 1 atom stereocenters. The lowest BCUT2D eigenvalue weighted by molar-refractivity contribution is -0.155. The Balaban J connectivity index is 1.73. The largest absolute Gasteiger partial charge is 0.493 e. The highest BCUT2D eigenvalue weighted by atomic mass is 16.5. The van der Waals surface area contributed by atoms with Gasteiger partial charge in [0.2, 0.25) is 11.8 Å². The fourth-order valence-corrected chi connectivity index (χ4v) is 3.79. The molecule has 2 aliphatic rings. The molecule has 1 fully saturated rings. The Morgan fingerprint density at radius 3 is 2.64 bits per heavy atom. The number of nitrogens with zero attached hydrogens (tertiary/aromatic N) is 2. The van der Waals surface area contributed by atoms with Crippen molar-refractivity contribution in [2.45, 2.75) is 26.2 Å². The van der Waals surface area contributed by atoms with Crippen molar-refractivity contribution in [2.75, 3.05) is 40.4 Å². The zero-order chi connectivity index (χ0) is 20.1. The number of carbonyl (C=O) groups is 2. The lowest BCUT2D eigenvalue weighted by Gasteiger charge is -2.37. The summed E-state index contributed by atoms with van der Waals surface area (Å²) in [6.45, 7) is 4.63. The number of nitrogens with one attached hydrogen (secondary N) is 1. The number of hydrogen-bond donors (Lipinski definition) is 1. The van der Waals surface area contributed by atoms with Gasteiger partial charge >= 0.3 is 0 Å². The molecule has 0 saturated carbocycles. The van der Waals surface area contributed by atoms with Crippen molar-refractivity contribution in [3.63, 3.8) is 0 Å². The summed E-state index contributed by atoms with van der Waals surface area (Å²) in [4.78, 5) is 24.9. The summed E-state index contributed by atoms with van der Waals surface area (Å²) in [5.74, 6) is 0.629. The first-order valence-corrected chi connectivity index (χ1v) is 9.84. The van der Waals surface area contributed by atoms with E-state index in [0.717, 1.165) is 24.9 Å². The van der Waals surface area contributed by atoms with Crippen molar-refractivity contribution >= 4 is 17.4 Å². The van der Waals surface area contributed by atoms with Crippen LogP contribution in [0, 0.1) is 5.92 Å². The highest BCUT2D eigenvalue weighted by Crippen LogP contribution is 2.32. The third-order valence-electron chi connectivity index (χ3n) is 5.32. The van der Waals surface area contributed by atoms with Gasteiger partial charge in [-0.2, -0.15) is 0 Å².